The fourth-order valence-corrected chi connectivity index (χ4v) is 8.35. The van der Waals surface area contributed by atoms with E-state index in [2.05, 4.69) is 167 Å². The number of hydrogen-bond donors (Lipinski definition) is 0. The van der Waals surface area contributed by atoms with Crippen molar-refractivity contribution in [2.75, 3.05) is 0 Å². The Morgan fingerprint density at radius 2 is 1.00 bits per heavy atom. The lowest BCUT2D eigenvalue weighted by Crippen LogP contribution is -1.96. The molecule has 0 fully saturated rings. The van der Waals surface area contributed by atoms with Crippen LogP contribution in [0.5, 0.6) is 0 Å². The second kappa shape index (κ2) is 8.74. The molecule has 0 atom stereocenters. The Morgan fingerprint density at radius 1 is 0.304 bits per heavy atom. The molecule has 2 aromatic heterocycles. The van der Waals surface area contributed by atoms with Gasteiger partial charge in [-0.25, -0.2) is 0 Å². The number of hydrogen-bond acceptors (Lipinski definition) is 0. The Bertz CT molecular complexity index is 2900. The van der Waals surface area contributed by atoms with Gasteiger partial charge in [-0.15, -0.1) is 0 Å². The van der Waals surface area contributed by atoms with Gasteiger partial charge in [-0.1, -0.05) is 121 Å². The van der Waals surface area contributed by atoms with Gasteiger partial charge in [-0.05, 0) is 74.8 Å². The molecule has 0 bridgehead atoms. The predicted octanol–water partition coefficient (Wildman–Crippen LogP) is 11.8. The van der Waals surface area contributed by atoms with Crippen LogP contribution in [0.1, 0.15) is 0 Å². The van der Waals surface area contributed by atoms with Crippen LogP contribution in [0.2, 0.25) is 0 Å². The van der Waals surface area contributed by atoms with E-state index in [1.165, 1.54) is 98.8 Å². The van der Waals surface area contributed by atoms with Crippen LogP contribution in [-0.4, -0.2) is 9.13 Å². The van der Waals surface area contributed by atoms with E-state index < -0.39 is 0 Å². The zero-order valence-corrected chi connectivity index (χ0v) is 24.9. The predicted molar refractivity (Wildman–Crippen MR) is 195 cm³/mol. The molecular weight excluding hydrogens is 556 g/mol. The van der Waals surface area contributed by atoms with Crippen LogP contribution >= 0.6 is 0 Å². The fourth-order valence-electron chi connectivity index (χ4n) is 8.35. The van der Waals surface area contributed by atoms with Gasteiger partial charge in [0.1, 0.15) is 0 Å². The molecule has 8 aromatic carbocycles. The first-order chi connectivity index (χ1) is 22.8. The molecule has 0 saturated heterocycles. The molecule has 212 valence electrons. The second-order valence-corrected chi connectivity index (χ2v) is 12.5. The van der Waals surface area contributed by atoms with E-state index >= 15 is 0 Å². The zero-order chi connectivity index (χ0) is 29.9. The molecule has 0 spiro atoms. The lowest BCUT2D eigenvalue weighted by molar-refractivity contribution is 1.18. The molecule has 10 aromatic rings. The van der Waals surface area contributed by atoms with Crippen LogP contribution in [0, 0.1) is 0 Å². The molecule has 0 saturated carbocycles. The molecule has 1 aliphatic carbocycles. The SMILES string of the molecule is c1ccc(-n2c3ccc4c5ccccc5n(-c5ccc6c(c5)-c5cccc7cccc-6c57)c4c3c3ccc4ccccc4c32)cc1. The number of nitrogens with zero attached hydrogens (tertiary/aromatic N) is 2. The molecule has 0 radical (unpaired) electrons. The summed E-state index contributed by atoms with van der Waals surface area (Å²) < 4.78 is 4.98. The Labute approximate surface area is 265 Å². The Kier molecular flexibility index (Phi) is 4.61. The minimum absolute atomic E-state index is 1.17. The molecule has 0 aliphatic heterocycles. The normalized spacial score (nSPS) is 12.3. The summed E-state index contributed by atoms with van der Waals surface area (Å²) in [4.78, 5) is 0. The minimum atomic E-state index is 1.17. The van der Waals surface area contributed by atoms with Gasteiger partial charge in [0, 0.05) is 38.3 Å². The summed E-state index contributed by atoms with van der Waals surface area (Å²) in [5.74, 6) is 0. The smallest absolute Gasteiger partial charge is 0.0641 e. The van der Waals surface area contributed by atoms with Gasteiger partial charge in [0.15, 0.2) is 0 Å². The van der Waals surface area contributed by atoms with Crippen LogP contribution < -0.4 is 0 Å². The molecule has 0 unspecified atom stereocenters. The van der Waals surface area contributed by atoms with Crippen molar-refractivity contribution in [1.29, 1.82) is 0 Å². The van der Waals surface area contributed by atoms with Gasteiger partial charge in [0.25, 0.3) is 0 Å². The maximum Gasteiger partial charge on any atom is 0.0641 e. The molecule has 2 heteroatoms. The average molecular weight is 583 g/mol. The van der Waals surface area contributed by atoms with Crippen molar-refractivity contribution in [2.24, 2.45) is 0 Å². The maximum absolute atomic E-state index is 2.51. The van der Waals surface area contributed by atoms with Crippen LogP contribution in [0.15, 0.2) is 158 Å². The lowest BCUT2D eigenvalue weighted by atomic mass is 10.0. The van der Waals surface area contributed by atoms with Crippen molar-refractivity contribution in [3.8, 4) is 33.6 Å². The van der Waals surface area contributed by atoms with Gasteiger partial charge < -0.3 is 9.13 Å². The van der Waals surface area contributed by atoms with E-state index in [1.807, 2.05) is 0 Å². The zero-order valence-electron chi connectivity index (χ0n) is 24.9. The lowest BCUT2D eigenvalue weighted by Gasteiger charge is -2.12. The first-order valence-corrected chi connectivity index (χ1v) is 16.0. The Morgan fingerprint density at radius 3 is 1.87 bits per heavy atom. The minimum Gasteiger partial charge on any atom is -0.309 e. The fraction of sp³-hybridized carbons (Fsp3) is 0. The van der Waals surface area contributed by atoms with Crippen molar-refractivity contribution >= 4 is 65.2 Å². The highest BCUT2D eigenvalue weighted by atomic mass is 15.0. The van der Waals surface area contributed by atoms with Gasteiger partial charge in [0.05, 0.1) is 22.1 Å². The summed E-state index contributed by atoms with van der Waals surface area (Å²) in [6, 6.07) is 58.2. The second-order valence-electron chi connectivity index (χ2n) is 12.5. The van der Waals surface area contributed by atoms with Gasteiger partial charge >= 0.3 is 0 Å². The van der Waals surface area contributed by atoms with E-state index in [4.69, 9.17) is 0 Å². The van der Waals surface area contributed by atoms with Crippen LogP contribution in [-0.2, 0) is 0 Å². The van der Waals surface area contributed by atoms with Crippen molar-refractivity contribution < 1.29 is 0 Å². The quantitative estimate of drug-likeness (QED) is 0.192. The third kappa shape index (κ3) is 3.01. The van der Waals surface area contributed by atoms with Crippen LogP contribution in [0.3, 0.4) is 0 Å². The number of rotatable bonds is 2. The first kappa shape index (κ1) is 24.2. The number of benzene rings is 8. The molecule has 1 aliphatic rings. The van der Waals surface area contributed by atoms with Crippen molar-refractivity contribution in [1.82, 2.24) is 9.13 Å². The summed E-state index contributed by atoms with van der Waals surface area (Å²) in [6.07, 6.45) is 0. The average Bonchev–Trinajstić information content (AvgIpc) is 3.75. The van der Waals surface area contributed by atoms with E-state index in [1.54, 1.807) is 0 Å². The van der Waals surface area contributed by atoms with E-state index in [0.717, 1.165) is 0 Å². The third-order valence-electron chi connectivity index (χ3n) is 10.2. The van der Waals surface area contributed by atoms with E-state index in [9.17, 15) is 0 Å². The number of fused-ring (bicyclic) bond motifs is 12. The maximum atomic E-state index is 2.51. The highest BCUT2D eigenvalue weighted by Gasteiger charge is 2.25. The molecule has 2 nitrogen and oxygen atoms in total. The molecule has 46 heavy (non-hydrogen) atoms. The molecule has 2 heterocycles. The first-order valence-electron chi connectivity index (χ1n) is 16.0. The molecule has 0 amide bonds. The standard InChI is InChI=1S/C44H26N2/c1-2-13-29(14-3-1)45-40-25-24-36-33-16-6-7-19-39(33)46(44(36)42(40)37-22-20-27-10-4-5-15-31(27)43(37)45)30-21-23-32-34-17-8-11-28-12-9-18-35(41(28)34)38(32)26-30/h1-26H. The largest absolute Gasteiger partial charge is 0.309 e. The van der Waals surface area contributed by atoms with Crippen molar-refractivity contribution in [3.63, 3.8) is 0 Å². The van der Waals surface area contributed by atoms with Gasteiger partial charge in [0.2, 0.25) is 0 Å². The van der Waals surface area contributed by atoms with Crippen LogP contribution in [0.25, 0.3) is 98.8 Å². The van der Waals surface area contributed by atoms with E-state index in [-0.39, 0.29) is 0 Å². The topological polar surface area (TPSA) is 9.86 Å². The Hall–Kier alpha value is -6.12. The molecule has 11 rings (SSSR count). The summed E-state index contributed by atoms with van der Waals surface area (Å²) in [7, 11) is 0. The number of aromatic nitrogens is 2. The van der Waals surface area contributed by atoms with E-state index in [0.29, 0.717) is 0 Å². The third-order valence-corrected chi connectivity index (χ3v) is 10.2. The summed E-state index contributed by atoms with van der Waals surface area (Å²) in [5, 5.41) is 10.3. The highest BCUT2D eigenvalue weighted by Crippen LogP contribution is 2.49. The summed E-state index contributed by atoms with van der Waals surface area (Å²) in [6.45, 7) is 0. The number of para-hydroxylation sites is 2. The molecule has 0 N–H and O–H groups in total. The molecular formula is C44H26N2. The van der Waals surface area contributed by atoms with Gasteiger partial charge in [-0.3, -0.25) is 0 Å². The highest BCUT2D eigenvalue weighted by molar-refractivity contribution is 6.29. The summed E-state index contributed by atoms with van der Waals surface area (Å²) >= 11 is 0. The van der Waals surface area contributed by atoms with Crippen LogP contribution in [0.4, 0.5) is 0 Å². The van der Waals surface area contributed by atoms with Crippen molar-refractivity contribution in [3.05, 3.63) is 158 Å². The Balaban J connectivity index is 1.32. The summed E-state index contributed by atoms with van der Waals surface area (Å²) in [5.41, 5.74) is 12.6. The van der Waals surface area contributed by atoms with Gasteiger partial charge in [-0.2, -0.15) is 0 Å². The monoisotopic (exact) mass is 582 g/mol. The van der Waals surface area contributed by atoms with Crippen molar-refractivity contribution in [2.45, 2.75) is 0 Å².